The molecule has 2 fully saturated rings. The molecule has 0 aromatic carbocycles. The smallest absolute Gasteiger partial charge is 0.404 e. The van der Waals surface area contributed by atoms with Crippen LogP contribution >= 0.6 is 0 Å². The van der Waals surface area contributed by atoms with Gasteiger partial charge >= 0.3 is 6.09 Å². The molecule has 10 heteroatoms. The van der Waals surface area contributed by atoms with Crippen LogP contribution in [0.4, 0.5) is 4.79 Å². The molecule has 0 aromatic heterocycles. The molecule has 0 bridgehead atoms. The summed E-state index contributed by atoms with van der Waals surface area (Å²) in [6, 6.07) is -0.640. The van der Waals surface area contributed by atoms with Crippen molar-refractivity contribution in [3.8, 4) is 0 Å². The molecular formula is C18H20N4O6. The Morgan fingerprint density at radius 3 is 2.61 bits per heavy atom. The van der Waals surface area contributed by atoms with Crippen molar-refractivity contribution >= 4 is 23.6 Å². The number of allylic oxidation sites excluding steroid dienone is 2. The number of nitrogens with zero attached hydrogens (tertiary/aromatic N) is 2. The lowest BCUT2D eigenvalue weighted by molar-refractivity contribution is -0.151. The number of primary amides is 1. The van der Waals surface area contributed by atoms with E-state index in [0.717, 1.165) is 0 Å². The maximum Gasteiger partial charge on any atom is 0.404 e. The van der Waals surface area contributed by atoms with Crippen LogP contribution in [0, 0.1) is 5.92 Å². The van der Waals surface area contributed by atoms with Gasteiger partial charge in [0.2, 0.25) is 17.5 Å². The van der Waals surface area contributed by atoms with E-state index in [4.69, 9.17) is 20.9 Å². The number of hydrogen-bond donors (Lipinski definition) is 2. The standard InChI is InChI=1S/C18H20N4O6/c1-4-10(23)22-9-5-21-13-11(15(25)12(19)7(2)14(13)24)8(6-28-17(20)26)18(21,27-3)16(9)22/h4,8-9,16H,1,5-6,19H2,2-3H3,(H2,20,26)/t8-,9+,16+,18-,22?/m1/s1. The van der Waals surface area contributed by atoms with Gasteiger partial charge in [-0.15, -0.1) is 0 Å². The van der Waals surface area contributed by atoms with E-state index in [-0.39, 0.29) is 46.9 Å². The van der Waals surface area contributed by atoms with Crippen molar-refractivity contribution in [3.63, 3.8) is 0 Å². The highest BCUT2D eigenvalue weighted by Crippen LogP contribution is 2.59. The number of fused-ring (bicyclic) bond motifs is 4. The van der Waals surface area contributed by atoms with Crippen LogP contribution in [0.5, 0.6) is 0 Å². The van der Waals surface area contributed by atoms with Crippen LogP contribution in [0.3, 0.4) is 0 Å². The van der Waals surface area contributed by atoms with E-state index in [9.17, 15) is 19.2 Å². The first-order valence-electron chi connectivity index (χ1n) is 8.72. The number of amides is 2. The molecule has 28 heavy (non-hydrogen) atoms. The number of ether oxygens (including phenoxy) is 2. The molecule has 0 saturated carbocycles. The first kappa shape index (κ1) is 18.2. The number of methoxy groups -OCH3 is 1. The largest absolute Gasteiger partial charge is 0.449 e. The Hall–Kier alpha value is -3.14. The van der Waals surface area contributed by atoms with Gasteiger partial charge in [0.15, 0.2) is 5.72 Å². The van der Waals surface area contributed by atoms with Crippen LogP contribution in [0.1, 0.15) is 6.92 Å². The number of carbonyl (C=O) groups excluding carboxylic acids is 4. The summed E-state index contributed by atoms with van der Waals surface area (Å²) >= 11 is 0. The van der Waals surface area contributed by atoms with E-state index in [0.29, 0.717) is 6.54 Å². The molecule has 4 aliphatic rings. The van der Waals surface area contributed by atoms with Gasteiger partial charge in [-0.25, -0.2) is 4.79 Å². The highest BCUT2D eigenvalue weighted by Gasteiger charge is 2.77. The summed E-state index contributed by atoms with van der Waals surface area (Å²) in [5.74, 6) is -1.99. The highest BCUT2D eigenvalue weighted by atomic mass is 16.6. The minimum Gasteiger partial charge on any atom is -0.449 e. The van der Waals surface area contributed by atoms with Crippen molar-refractivity contribution in [2.24, 2.45) is 17.4 Å². The van der Waals surface area contributed by atoms with E-state index < -0.39 is 29.6 Å². The summed E-state index contributed by atoms with van der Waals surface area (Å²) in [5, 5.41) is 0. The van der Waals surface area contributed by atoms with Crippen LogP contribution in [0.2, 0.25) is 0 Å². The number of Topliss-reactive ketones (excluding diaryl/α,β-unsaturated/α-hetero) is 2. The molecule has 148 valence electrons. The van der Waals surface area contributed by atoms with Gasteiger partial charge < -0.3 is 30.7 Å². The summed E-state index contributed by atoms with van der Waals surface area (Å²) in [5.41, 5.74) is 10.1. The number of rotatable bonds is 4. The Morgan fingerprint density at radius 1 is 1.36 bits per heavy atom. The molecule has 3 aliphatic heterocycles. The van der Waals surface area contributed by atoms with Gasteiger partial charge in [-0.1, -0.05) is 6.58 Å². The average molecular weight is 388 g/mol. The van der Waals surface area contributed by atoms with Gasteiger partial charge in [0.05, 0.1) is 23.4 Å². The van der Waals surface area contributed by atoms with Gasteiger partial charge in [0.1, 0.15) is 12.6 Å². The summed E-state index contributed by atoms with van der Waals surface area (Å²) < 4.78 is 10.9. The Morgan fingerprint density at radius 2 is 2.04 bits per heavy atom. The van der Waals surface area contributed by atoms with Crippen LogP contribution in [0.15, 0.2) is 35.2 Å². The Bertz CT molecular complexity index is 921. The molecule has 2 amide bonds. The van der Waals surface area contributed by atoms with Gasteiger partial charge in [0, 0.05) is 24.8 Å². The molecule has 0 unspecified atom stereocenters. The van der Waals surface area contributed by atoms with Crippen molar-refractivity contribution in [2.75, 3.05) is 20.3 Å². The van der Waals surface area contributed by atoms with Crippen LogP contribution in [0.25, 0.3) is 0 Å². The van der Waals surface area contributed by atoms with Crippen molar-refractivity contribution in [1.82, 2.24) is 9.80 Å². The normalized spacial score (nSPS) is 33.0. The third-order valence-corrected chi connectivity index (χ3v) is 6.12. The molecular weight excluding hydrogens is 368 g/mol. The predicted octanol–water partition coefficient (Wildman–Crippen LogP) is -1.23. The first-order chi connectivity index (χ1) is 13.2. The Labute approximate surface area is 160 Å². The van der Waals surface area contributed by atoms with E-state index in [2.05, 4.69) is 6.58 Å². The number of nitrogens with two attached hydrogens (primary N) is 2. The van der Waals surface area contributed by atoms with Gasteiger partial charge in [-0.2, -0.15) is 0 Å². The van der Waals surface area contributed by atoms with Crippen molar-refractivity contribution in [3.05, 3.63) is 35.2 Å². The lowest BCUT2D eigenvalue weighted by Crippen LogP contribution is -2.56. The minimum atomic E-state index is -1.24. The Kier molecular flexibility index (Phi) is 3.70. The number of piperazine rings is 1. The minimum absolute atomic E-state index is 0.132. The maximum absolute atomic E-state index is 13.0. The van der Waals surface area contributed by atoms with Crippen molar-refractivity contribution in [1.29, 1.82) is 0 Å². The van der Waals surface area contributed by atoms with Gasteiger partial charge in [-0.05, 0) is 13.0 Å². The molecule has 0 radical (unpaired) electrons. The Balaban J connectivity index is 1.84. The zero-order valence-corrected chi connectivity index (χ0v) is 15.4. The monoisotopic (exact) mass is 388 g/mol. The second kappa shape index (κ2) is 5.68. The molecule has 4 N–H and O–H groups in total. The van der Waals surface area contributed by atoms with Crippen LogP contribution in [-0.4, -0.2) is 71.4 Å². The average Bonchev–Trinajstić information content (AvgIpc) is 3.17. The zero-order valence-electron chi connectivity index (χ0n) is 15.4. The predicted molar refractivity (Wildman–Crippen MR) is 94.0 cm³/mol. The zero-order chi connectivity index (χ0) is 20.5. The lowest BCUT2D eigenvalue weighted by Gasteiger charge is -2.40. The molecule has 3 heterocycles. The topological polar surface area (TPSA) is 145 Å². The molecule has 4 atom stereocenters. The molecule has 10 nitrogen and oxygen atoms in total. The van der Waals surface area contributed by atoms with Crippen LogP contribution in [-0.2, 0) is 23.9 Å². The molecule has 0 spiro atoms. The lowest BCUT2D eigenvalue weighted by atomic mass is 9.82. The number of hydrogen-bond acceptors (Lipinski definition) is 8. The van der Waals surface area contributed by atoms with Gasteiger partial charge in [0.25, 0.3) is 0 Å². The summed E-state index contributed by atoms with van der Waals surface area (Å²) in [6.07, 6.45) is 0.175. The first-order valence-corrected chi connectivity index (χ1v) is 8.72. The third kappa shape index (κ3) is 1.95. The third-order valence-electron chi connectivity index (χ3n) is 6.12. The second-order valence-electron chi connectivity index (χ2n) is 7.17. The van der Waals surface area contributed by atoms with Gasteiger partial charge in [-0.3, -0.25) is 14.4 Å². The summed E-state index contributed by atoms with van der Waals surface area (Å²) in [4.78, 5) is 52.7. The fourth-order valence-corrected chi connectivity index (χ4v) is 4.88. The summed E-state index contributed by atoms with van der Waals surface area (Å²) in [6.45, 7) is 5.01. The van der Waals surface area contributed by atoms with E-state index in [1.54, 1.807) is 9.80 Å². The molecule has 4 rings (SSSR count). The van der Waals surface area contributed by atoms with Crippen LogP contribution < -0.4 is 11.5 Å². The molecule has 1 aliphatic carbocycles. The van der Waals surface area contributed by atoms with Crippen molar-refractivity contribution in [2.45, 2.75) is 24.7 Å². The molecule has 0 aromatic rings. The maximum atomic E-state index is 13.0. The fraction of sp³-hybridized carbons (Fsp3) is 0.444. The van der Waals surface area contributed by atoms with Crippen molar-refractivity contribution < 1.29 is 28.7 Å². The quantitative estimate of drug-likeness (QED) is 0.346. The van der Waals surface area contributed by atoms with E-state index in [1.807, 2.05) is 0 Å². The molecule has 2 saturated heterocycles. The van der Waals surface area contributed by atoms with E-state index >= 15 is 0 Å². The second-order valence-corrected chi connectivity index (χ2v) is 7.17. The highest BCUT2D eigenvalue weighted by molar-refractivity contribution is 6.25. The number of carbonyl (C=O) groups is 4. The number of ketones is 2. The van der Waals surface area contributed by atoms with E-state index in [1.165, 1.54) is 20.1 Å². The summed E-state index contributed by atoms with van der Waals surface area (Å²) in [7, 11) is 1.43. The fourth-order valence-electron chi connectivity index (χ4n) is 4.88. The SMILES string of the molecule is C=CC(=O)N1[C@H]2[C@@H]1CN1C3=C(C(=O)C(N)=C(C)C3=O)[C@@H](COC(N)=O)[C@@]21OC.